The first-order valence-corrected chi connectivity index (χ1v) is 8.64. The van der Waals surface area contributed by atoms with Gasteiger partial charge < -0.3 is 5.32 Å². The lowest BCUT2D eigenvalue weighted by Gasteiger charge is -2.06. The number of aromatic nitrogens is 3. The van der Waals surface area contributed by atoms with Crippen molar-refractivity contribution in [2.45, 2.75) is 11.8 Å². The molecule has 122 valence electrons. The number of rotatable bonds is 6. The Bertz CT molecular complexity index is 783. The van der Waals surface area contributed by atoms with Crippen molar-refractivity contribution in [2.75, 3.05) is 12.3 Å². The maximum absolute atomic E-state index is 12.1. The van der Waals surface area contributed by atoms with Gasteiger partial charge in [0.1, 0.15) is 12.7 Å². The third kappa shape index (κ3) is 4.23. The number of carbonyl (C=O) groups excluding carboxylic acids is 1. The fraction of sp³-hybridized carbons (Fsp3) is 0.167. The van der Waals surface area contributed by atoms with Crippen LogP contribution in [0, 0.1) is 6.92 Å². The minimum absolute atomic E-state index is 0.0651. The van der Waals surface area contributed by atoms with Gasteiger partial charge in [-0.25, -0.2) is 9.67 Å². The number of amides is 1. The van der Waals surface area contributed by atoms with Gasteiger partial charge in [-0.3, -0.25) is 4.79 Å². The first-order chi connectivity index (χ1) is 11.7. The van der Waals surface area contributed by atoms with Crippen molar-refractivity contribution in [3.8, 4) is 5.69 Å². The lowest BCUT2D eigenvalue weighted by molar-refractivity contribution is 0.0956. The van der Waals surface area contributed by atoms with E-state index < -0.39 is 0 Å². The quantitative estimate of drug-likeness (QED) is 0.554. The summed E-state index contributed by atoms with van der Waals surface area (Å²) in [7, 11) is 0. The van der Waals surface area contributed by atoms with Gasteiger partial charge in [0.25, 0.3) is 5.91 Å². The fourth-order valence-electron chi connectivity index (χ4n) is 2.18. The average Bonchev–Trinajstić information content (AvgIpc) is 3.15. The molecule has 1 heterocycles. The van der Waals surface area contributed by atoms with E-state index in [0.29, 0.717) is 12.1 Å². The average molecular weight is 338 g/mol. The standard InChI is InChI=1S/C18H18N4OS/c1-14-2-8-17(9-3-14)24-11-10-20-18(23)15-4-6-16(7-5-15)22-13-19-12-21-22/h2-9,12-13H,10-11H2,1H3,(H,20,23). The Kier molecular flexibility index (Phi) is 5.28. The zero-order valence-corrected chi connectivity index (χ0v) is 14.2. The second-order valence-corrected chi connectivity index (χ2v) is 6.47. The molecule has 0 saturated carbocycles. The van der Waals surface area contributed by atoms with Gasteiger partial charge >= 0.3 is 0 Å². The van der Waals surface area contributed by atoms with Crippen LogP contribution in [-0.2, 0) is 0 Å². The fourth-order valence-corrected chi connectivity index (χ4v) is 2.95. The third-order valence-electron chi connectivity index (χ3n) is 3.49. The summed E-state index contributed by atoms with van der Waals surface area (Å²) in [5.41, 5.74) is 2.76. The van der Waals surface area contributed by atoms with Gasteiger partial charge in [0.05, 0.1) is 5.69 Å². The smallest absolute Gasteiger partial charge is 0.251 e. The number of thioether (sulfide) groups is 1. The lowest BCUT2D eigenvalue weighted by Crippen LogP contribution is -2.25. The molecule has 0 unspecified atom stereocenters. The Hall–Kier alpha value is -2.60. The summed E-state index contributed by atoms with van der Waals surface area (Å²) >= 11 is 1.73. The first-order valence-electron chi connectivity index (χ1n) is 7.65. The highest BCUT2D eigenvalue weighted by atomic mass is 32.2. The van der Waals surface area contributed by atoms with E-state index in [1.807, 2.05) is 12.1 Å². The Morgan fingerprint density at radius 2 is 1.88 bits per heavy atom. The summed E-state index contributed by atoms with van der Waals surface area (Å²) in [5.74, 6) is 0.774. The van der Waals surface area contributed by atoms with Gasteiger partial charge in [0.15, 0.2) is 0 Å². The van der Waals surface area contributed by atoms with Crippen LogP contribution in [0.1, 0.15) is 15.9 Å². The normalized spacial score (nSPS) is 10.5. The molecule has 0 fully saturated rings. The molecule has 1 amide bonds. The van der Waals surface area contributed by atoms with Crippen molar-refractivity contribution in [3.05, 3.63) is 72.3 Å². The maximum atomic E-state index is 12.1. The minimum Gasteiger partial charge on any atom is -0.351 e. The number of hydrogen-bond donors (Lipinski definition) is 1. The van der Waals surface area contributed by atoms with E-state index in [1.54, 1.807) is 34.9 Å². The molecular weight excluding hydrogens is 320 g/mol. The van der Waals surface area contributed by atoms with E-state index in [9.17, 15) is 4.79 Å². The molecule has 0 bridgehead atoms. The molecule has 2 aromatic carbocycles. The van der Waals surface area contributed by atoms with Crippen LogP contribution in [0.2, 0.25) is 0 Å². The Morgan fingerprint density at radius 1 is 1.12 bits per heavy atom. The molecule has 0 spiro atoms. The van der Waals surface area contributed by atoms with E-state index >= 15 is 0 Å². The van der Waals surface area contributed by atoms with Gasteiger partial charge in [-0.1, -0.05) is 17.7 Å². The molecule has 6 heteroatoms. The first kappa shape index (κ1) is 16.3. The number of aryl methyl sites for hydroxylation is 1. The van der Waals surface area contributed by atoms with Gasteiger partial charge in [-0.15, -0.1) is 11.8 Å². The molecule has 3 rings (SSSR count). The van der Waals surface area contributed by atoms with Crippen molar-refractivity contribution in [1.29, 1.82) is 0 Å². The van der Waals surface area contributed by atoms with E-state index in [4.69, 9.17) is 0 Å². The summed E-state index contributed by atoms with van der Waals surface area (Å²) in [5, 5.41) is 7.00. The molecule has 0 atom stereocenters. The lowest BCUT2D eigenvalue weighted by atomic mass is 10.2. The molecule has 0 aliphatic carbocycles. The molecule has 0 saturated heterocycles. The van der Waals surface area contributed by atoms with Crippen LogP contribution >= 0.6 is 11.8 Å². The number of carbonyl (C=O) groups is 1. The van der Waals surface area contributed by atoms with Crippen molar-refractivity contribution in [2.24, 2.45) is 0 Å². The SMILES string of the molecule is Cc1ccc(SCCNC(=O)c2ccc(-n3cncn3)cc2)cc1. The Morgan fingerprint density at radius 3 is 2.54 bits per heavy atom. The van der Waals surface area contributed by atoms with Crippen molar-refractivity contribution < 1.29 is 4.79 Å². The number of nitrogens with one attached hydrogen (secondary N) is 1. The molecule has 5 nitrogen and oxygen atoms in total. The highest BCUT2D eigenvalue weighted by molar-refractivity contribution is 7.99. The van der Waals surface area contributed by atoms with Crippen LogP contribution in [0.4, 0.5) is 0 Å². The van der Waals surface area contributed by atoms with Crippen molar-refractivity contribution in [3.63, 3.8) is 0 Å². The van der Waals surface area contributed by atoms with E-state index in [1.165, 1.54) is 16.8 Å². The van der Waals surface area contributed by atoms with E-state index in [2.05, 4.69) is 46.6 Å². The minimum atomic E-state index is -0.0651. The second kappa shape index (κ2) is 7.79. The van der Waals surface area contributed by atoms with Crippen LogP contribution in [0.25, 0.3) is 5.69 Å². The van der Waals surface area contributed by atoms with Crippen molar-refractivity contribution >= 4 is 17.7 Å². The molecule has 0 aliphatic heterocycles. The molecule has 1 N–H and O–H groups in total. The predicted molar refractivity (Wildman–Crippen MR) is 95.6 cm³/mol. The second-order valence-electron chi connectivity index (χ2n) is 5.30. The Balaban J connectivity index is 1.47. The number of nitrogens with zero attached hydrogens (tertiary/aromatic N) is 3. The number of benzene rings is 2. The predicted octanol–water partition coefficient (Wildman–Crippen LogP) is 3.10. The third-order valence-corrected chi connectivity index (χ3v) is 4.50. The molecule has 3 aromatic rings. The molecule has 24 heavy (non-hydrogen) atoms. The summed E-state index contributed by atoms with van der Waals surface area (Å²) in [6.45, 7) is 2.70. The molecule has 0 radical (unpaired) electrons. The molecule has 0 aliphatic rings. The number of hydrogen-bond acceptors (Lipinski definition) is 4. The zero-order chi connectivity index (χ0) is 16.8. The summed E-state index contributed by atoms with van der Waals surface area (Å²) in [6.07, 6.45) is 3.10. The van der Waals surface area contributed by atoms with Gasteiger partial charge in [-0.2, -0.15) is 5.10 Å². The largest absolute Gasteiger partial charge is 0.351 e. The van der Waals surface area contributed by atoms with Crippen LogP contribution in [0.3, 0.4) is 0 Å². The molecule has 1 aromatic heterocycles. The van der Waals surface area contributed by atoms with Crippen LogP contribution in [0.15, 0.2) is 66.1 Å². The van der Waals surface area contributed by atoms with Crippen LogP contribution in [0.5, 0.6) is 0 Å². The monoisotopic (exact) mass is 338 g/mol. The zero-order valence-electron chi connectivity index (χ0n) is 13.3. The summed E-state index contributed by atoms with van der Waals surface area (Å²) < 4.78 is 1.65. The van der Waals surface area contributed by atoms with Gasteiger partial charge in [0.2, 0.25) is 0 Å². The summed E-state index contributed by atoms with van der Waals surface area (Å²) in [4.78, 5) is 17.3. The Labute approximate surface area is 145 Å². The van der Waals surface area contributed by atoms with Crippen molar-refractivity contribution in [1.82, 2.24) is 20.1 Å². The van der Waals surface area contributed by atoms with E-state index in [0.717, 1.165) is 11.4 Å². The highest BCUT2D eigenvalue weighted by Crippen LogP contribution is 2.17. The molecular formula is C18H18N4OS. The van der Waals surface area contributed by atoms with Gasteiger partial charge in [-0.05, 0) is 43.3 Å². The summed E-state index contributed by atoms with van der Waals surface area (Å²) in [6, 6.07) is 15.7. The van der Waals surface area contributed by atoms with Crippen LogP contribution < -0.4 is 5.32 Å². The highest BCUT2D eigenvalue weighted by Gasteiger charge is 2.05. The van der Waals surface area contributed by atoms with Gasteiger partial charge in [0, 0.05) is 22.8 Å². The topological polar surface area (TPSA) is 59.8 Å². The van der Waals surface area contributed by atoms with E-state index in [-0.39, 0.29) is 5.91 Å². The maximum Gasteiger partial charge on any atom is 0.251 e. The van der Waals surface area contributed by atoms with Crippen LogP contribution in [-0.4, -0.2) is 33.0 Å².